The Balaban J connectivity index is 2.31. The van der Waals surface area contributed by atoms with Crippen LogP contribution in [0.2, 0.25) is 0 Å². The lowest BCUT2D eigenvalue weighted by Crippen LogP contribution is -2.35. The molecular formula is C24H31NO2S. The summed E-state index contributed by atoms with van der Waals surface area (Å²) in [5, 5.41) is 0. The summed E-state index contributed by atoms with van der Waals surface area (Å²) < 4.78 is 29.2. The van der Waals surface area contributed by atoms with Crippen LogP contribution >= 0.6 is 0 Å². The third-order valence-electron chi connectivity index (χ3n) is 4.60. The van der Waals surface area contributed by atoms with E-state index in [0.29, 0.717) is 11.3 Å². The summed E-state index contributed by atoms with van der Waals surface area (Å²) >= 11 is 0. The van der Waals surface area contributed by atoms with Crippen molar-refractivity contribution in [3.8, 4) is 0 Å². The number of nitrogens with one attached hydrogen (secondary N) is 1. The minimum atomic E-state index is -3.64. The van der Waals surface area contributed by atoms with Gasteiger partial charge in [-0.1, -0.05) is 61.4 Å². The van der Waals surface area contributed by atoms with Gasteiger partial charge >= 0.3 is 0 Å². The summed E-state index contributed by atoms with van der Waals surface area (Å²) in [6.07, 6.45) is 7.59. The number of benzene rings is 2. The maximum absolute atomic E-state index is 13.2. The van der Waals surface area contributed by atoms with Crippen LogP contribution < -0.4 is 4.72 Å². The Bertz CT molecular complexity index is 917. The van der Waals surface area contributed by atoms with Gasteiger partial charge in [-0.2, -0.15) is 0 Å². The Morgan fingerprint density at radius 3 is 2.32 bits per heavy atom. The highest BCUT2D eigenvalue weighted by Crippen LogP contribution is 2.22. The molecule has 0 radical (unpaired) electrons. The molecule has 2 aromatic carbocycles. The van der Waals surface area contributed by atoms with Gasteiger partial charge in [-0.25, -0.2) is 13.1 Å². The second kappa shape index (κ2) is 10.4. The van der Waals surface area contributed by atoms with Crippen molar-refractivity contribution < 1.29 is 8.42 Å². The fourth-order valence-corrected chi connectivity index (χ4v) is 5.06. The molecular weight excluding hydrogens is 366 g/mol. The van der Waals surface area contributed by atoms with Crippen molar-refractivity contribution in [3.63, 3.8) is 0 Å². The molecule has 0 aliphatic rings. The van der Waals surface area contributed by atoms with Gasteiger partial charge in [-0.05, 0) is 68.9 Å². The maximum Gasteiger partial charge on any atom is 0.241 e. The predicted molar refractivity (Wildman–Crippen MR) is 117 cm³/mol. The average Bonchev–Trinajstić information content (AvgIpc) is 2.60. The third-order valence-corrected chi connectivity index (χ3v) is 6.39. The van der Waals surface area contributed by atoms with E-state index in [-0.39, 0.29) is 6.04 Å². The largest absolute Gasteiger partial charge is 0.241 e. The molecule has 0 aliphatic carbocycles. The highest BCUT2D eigenvalue weighted by Gasteiger charge is 2.23. The van der Waals surface area contributed by atoms with Crippen molar-refractivity contribution in [3.05, 3.63) is 82.6 Å². The van der Waals surface area contributed by atoms with E-state index < -0.39 is 10.0 Å². The molecule has 0 spiro atoms. The Morgan fingerprint density at radius 2 is 1.71 bits per heavy atom. The highest BCUT2D eigenvalue weighted by molar-refractivity contribution is 7.89. The standard InChI is InChI=1S/C24H31NO2S/c1-5-6-7-8-12-15-23(18-22-13-10-9-11-14-22)25-28(26,27)24-20(3)16-19(2)17-21(24)4/h8-11,13-17,23,25H,5-7,18H2,1-4H3/t12?,23-/m1/s1. The Kier molecular flexibility index (Phi) is 8.25. The number of unbranched alkanes of at least 4 members (excludes halogenated alkanes) is 2. The van der Waals surface area contributed by atoms with E-state index in [1.165, 1.54) is 0 Å². The smallest absolute Gasteiger partial charge is 0.207 e. The topological polar surface area (TPSA) is 46.2 Å². The highest BCUT2D eigenvalue weighted by atomic mass is 32.2. The van der Waals surface area contributed by atoms with Gasteiger partial charge in [0.2, 0.25) is 10.0 Å². The molecule has 0 saturated heterocycles. The van der Waals surface area contributed by atoms with Gasteiger partial charge < -0.3 is 0 Å². The second-order valence-corrected chi connectivity index (χ2v) is 8.98. The molecule has 2 rings (SSSR count). The number of sulfonamides is 1. The molecule has 0 unspecified atom stereocenters. The average molecular weight is 398 g/mol. The molecule has 2 aromatic rings. The molecule has 0 amide bonds. The monoisotopic (exact) mass is 397 g/mol. The Labute approximate surface area is 170 Å². The van der Waals surface area contributed by atoms with Crippen LogP contribution in [0.3, 0.4) is 0 Å². The van der Waals surface area contributed by atoms with Crippen molar-refractivity contribution in [2.45, 2.75) is 64.3 Å². The number of hydrogen-bond acceptors (Lipinski definition) is 2. The SMILES string of the molecule is CCCCC=C=C[C@H](Cc1ccccc1)NS(=O)(=O)c1c(C)cc(C)cc1C. The molecule has 3 nitrogen and oxygen atoms in total. The van der Waals surface area contributed by atoms with E-state index in [9.17, 15) is 8.42 Å². The van der Waals surface area contributed by atoms with Gasteiger partial charge in [-0.3, -0.25) is 0 Å². The lowest BCUT2D eigenvalue weighted by Gasteiger charge is -2.18. The molecule has 0 aromatic heterocycles. The van der Waals surface area contributed by atoms with Crippen LogP contribution in [-0.2, 0) is 16.4 Å². The minimum absolute atomic E-state index is 0.356. The molecule has 4 heteroatoms. The second-order valence-electron chi connectivity index (χ2n) is 7.33. The molecule has 28 heavy (non-hydrogen) atoms. The van der Waals surface area contributed by atoms with E-state index in [2.05, 4.69) is 17.4 Å². The number of aryl methyl sites for hydroxylation is 3. The van der Waals surface area contributed by atoms with Gasteiger partial charge in [-0.15, -0.1) is 5.73 Å². The summed E-state index contributed by atoms with van der Waals surface area (Å²) in [6.45, 7) is 7.82. The van der Waals surface area contributed by atoms with Crippen LogP contribution in [0.4, 0.5) is 0 Å². The first-order valence-corrected chi connectivity index (χ1v) is 11.4. The van der Waals surface area contributed by atoms with Crippen LogP contribution in [0.15, 0.2) is 65.2 Å². The van der Waals surface area contributed by atoms with Gasteiger partial charge in [0.15, 0.2) is 0 Å². The zero-order chi connectivity index (χ0) is 20.6. The Hall–Kier alpha value is -2.13. The predicted octanol–water partition coefficient (Wildman–Crippen LogP) is 5.40. The molecule has 150 valence electrons. The van der Waals surface area contributed by atoms with Crippen LogP contribution in [-0.4, -0.2) is 14.5 Å². The molecule has 1 N–H and O–H groups in total. The van der Waals surface area contributed by atoms with Crippen molar-refractivity contribution >= 4 is 10.0 Å². The van der Waals surface area contributed by atoms with Crippen LogP contribution in [0, 0.1) is 20.8 Å². The normalized spacial score (nSPS) is 12.3. The molecule has 1 atom stereocenters. The lowest BCUT2D eigenvalue weighted by molar-refractivity contribution is 0.569. The van der Waals surface area contributed by atoms with Crippen molar-refractivity contribution in [1.82, 2.24) is 4.72 Å². The van der Waals surface area contributed by atoms with Crippen molar-refractivity contribution in [2.24, 2.45) is 0 Å². The summed E-state index contributed by atoms with van der Waals surface area (Å²) in [5.74, 6) is 0. The van der Waals surface area contributed by atoms with Gasteiger partial charge in [0.25, 0.3) is 0 Å². The maximum atomic E-state index is 13.2. The zero-order valence-electron chi connectivity index (χ0n) is 17.3. The molecule has 0 fully saturated rings. The van der Waals surface area contributed by atoms with Gasteiger partial charge in [0, 0.05) is 0 Å². The molecule has 0 heterocycles. The summed E-state index contributed by atoms with van der Waals surface area (Å²) in [5.41, 5.74) is 6.86. The first-order valence-electron chi connectivity index (χ1n) is 9.88. The number of rotatable bonds is 9. The first kappa shape index (κ1) is 22.2. The molecule has 0 aliphatic heterocycles. The van der Waals surface area contributed by atoms with E-state index >= 15 is 0 Å². The van der Waals surface area contributed by atoms with E-state index in [4.69, 9.17) is 0 Å². The molecule has 0 saturated carbocycles. The minimum Gasteiger partial charge on any atom is -0.207 e. The quantitative estimate of drug-likeness (QED) is 0.455. The molecule has 0 bridgehead atoms. The van der Waals surface area contributed by atoms with E-state index in [1.54, 1.807) is 0 Å². The van der Waals surface area contributed by atoms with E-state index in [0.717, 1.165) is 41.5 Å². The summed E-state index contributed by atoms with van der Waals surface area (Å²) in [6, 6.07) is 13.4. The zero-order valence-corrected chi connectivity index (χ0v) is 18.1. The summed E-state index contributed by atoms with van der Waals surface area (Å²) in [4.78, 5) is 0.375. The van der Waals surface area contributed by atoms with Gasteiger partial charge in [0.05, 0.1) is 10.9 Å². The van der Waals surface area contributed by atoms with E-state index in [1.807, 2.05) is 75.4 Å². The van der Waals surface area contributed by atoms with Crippen molar-refractivity contribution in [2.75, 3.05) is 0 Å². The van der Waals surface area contributed by atoms with Crippen LogP contribution in [0.1, 0.15) is 48.4 Å². The van der Waals surface area contributed by atoms with Crippen LogP contribution in [0.5, 0.6) is 0 Å². The first-order chi connectivity index (χ1) is 13.3. The van der Waals surface area contributed by atoms with Crippen molar-refractivity contribution in [1.29, 1.82) is 0 Å². The fraction of sp³-hybridized carbons (Fsp3) is 0.375. The third kappa shape index (κ3) is 6.49. The Morgan fingerprint density at radius 1 is 1.07 bits per heavy atom. The van der Waals surface area contributed by atoms with Gasteiger partial charge in [0.1, 0.15) is 0 Å². The fourth-order valence-electron chi connectivity index (χ4n) is 3.43. The van der Waals surface area contributed by atoms with Crippen LogP contribution in [0.25, 0.3) is 0 Å². The summed E-state index contributed by atoms with van der Waals surface area (Å²) in [7, 11) is -3.64. The number of hydrogen-bond donors (Lipinski definition) is 1. The lowest BCUT2D eigenvalue weighted by atomic mass is 10.1.